The van der Waals surface area contributed by atoms with Crippen LogP contribution >= 0.6 is 0 Å². The maximum absolute atomic E-state index is 9.42. The van der Waals surface area contributed by atoms with Crippen LogP contribution in [0.25, 0.3) is 0 Å². The van der Waals surface area contributed by atoms with Crippen LogP contribution in [0.1, 0.15) is 59.8 Å². The molecule has 1 atom stereocenters. The van der Waals surface area contributed by atoms with Gasteiger partial charge in [0.1, 0.15) is 0 Å². The topological polar surface area (TPSA) is 23.8 Å². The van der Waals surface area contributed by atoms with Crippen LogP contribution in [0.15, 0.2) is 22.8 Å². The van der Waals surface area contributed by atoms with Gasteiger partial charge < -0.3 is 0 Å². The van der Waals surface area contributed by atoms with Gasteiger partial charge in [0.25, 0.3) is 0 Å². The highest BCUT2D eigenvalue weighted by molar-refractivity contribution is 5.21. The van der Waals surface area contributed by atoms with Crippen LogP contribution in [0, 0.1) is 16.7 Å². The minimum atomic E-state index is -0.0878. The molecule has 0 aromatic heterocycles. The Morgan fingerprint density at radius 2 is 2.06 bits per heavy atom. The van der Waals surface area contributed by atoms with Crippen molar-refractivity contribution in [3.63, 3.8) is 0 Å². The fourth-order valence-corrected chi connectivity index (χ4v) is 2.39. The standard InChI is InChI=1S/C15H23N/c1-12(2)6-5-8-15(11-16)9-7-13(3)14(4)10-15/h6H,5,7-10H2,1-4H3. The molecule has 1 nitrogen and oxygen atoms in total. The molecule has 0 aromatic rings. The highest BCUT2D eigenvalue weighted by atomic mass is 14.4. The summed E-state index contributed by atoms with van der Waals surface area (Å²) in [7, 11) is 0. The van der Waals surface area contributed by atoms with E-state index < -0.39 is 0 Å². The van der Waals surface area contributed by atoms with E-state index in [-0.39, 0.29) is 5.41 Å². The molecule has 1 unspecified atom stereocenters. The molecule has 0 saturated carbocycles. The molecule has 0 spiro atoms. The van der Waals surface area contributed by atoms with Gasteiger partial charge in [-0.1, -0.05) is 22.8 Å². The smallest absolute Gasteiger partial charge is 0.0693 e. The number of nitrogens with zero attached hydrogens (tertiary/aromatic N) is 1. The summed E-state index contributed by atoms with van der Waals surface area (Å²) >= 11 is 0. The number of nitriles is 1. The SMILES string of the molecule is CC(C)=CCCC1(C#N)CCC(C)=C(C)C1. The molecule has 1 rings (SSSR count). The second-order valence-corrected chi connectivity index (χ2v) is 5.45. The van der Waals surface area contributed by atoms with Gasteiger partial charge >= 0.3 is 0 Å². The van der Waals surface area contributed by atoms with Crippen molar-refractivity contribution >= 4 is 0 Å². The van der Waals surface area contributed by atoms with Gasteiger partial charge in [-0.05, 0) is 59.8 Å². The van der Waals surface area contributed by atoms with Crippen molar-refractivity contribution in [1.82, 2.24) is 0 Å². The average molecular weight is 217 g/mol. The molecule has 16 heavy (non-hydrogen) atoms. The summed E-state index contributed by atoms with van der Waals surface area (Å²) in [5.41, 5.74) is 4.20. The maximum Gasteiger partial charge on any atom is 0.0693 e. The largest absolute Gasteiger partial charge is 0.198 e. The number of rotatable bonds is 3. The summed E-state index contributed by atoms with van der Waals surface area (Å²) in [5.74, 6) is 0. The molecule has 1 aliphatic carbocycles. The van der Waals surface area contributed by atoms with Crippen LogP contribution in [0.5, 0.6) is 0 Å². The van der Waals surface area contributed by atoms with Crippen LogP contribution in [-0.4, -0.2) is 0 Å². The number of allylic oxidation sites excluding steroid dienone is 4. The highest BCUT2D eigenvalue weighted by Gasteiger charge is 2.32. The summed E-state index contributed by atoms with van der Waals surface area (Å²) in [5, 5.41) is 9.42. The van der Waals surface area contributed by atoms with Crippen molar-refractivity contribution in [3.05, 3.63) is 22.8 Å². The molecule has 1 heteroatoms. The molecule has 0 N–H and O–H groups in total. The maximum atomic E-state index is 9.42. The Hall–Kier alpha value is -1.03. The van der Waals surface area contributed by atoms with Crippen molar-refractivity contribution in [2.75, 3.05) is 0 Å². The minimum Gasteiger partial charge on any atom is -0.198 e. The van der Waals surface area contributed by atoms with E-state index in [2.05, 4.69) is 39.8 Å². The minimum absolute atomic E-state index is 0.0878. The number of hydrogen-bond donors (Lipinski definition) is 0. The van der Waals surface area contributed by atoms with Crippen molar-refractivity contribution < 1.29 is 0 Å². The van der Waals surface area contributed by atoms with Crippen LogP contribution in [-0.2, 0) is 0 Å². The van der Waals surface area contributed by atoms with E-state index in [9.17, 15) is 5.26 Å². The first kappa shape index (κ1) is 13.0. The number of hydrogen-bond acceptors (Lipinski definition) is 1. The van der Waals surface area contributed by atoms with Gasteiger partial charge in [0.2, 0.25) is 0 Å². The second kappa shape index (κ2) is 5.34. The third kappa shape index (κ3) is 3.23. The van der Waals surface area contributed by atoms with E-state index in [1.807, 2.05) is 0 Å². The van der Waals surface area contributed by atoms with Gasteiger partial charge in [-0.3, -0.25) is 0 Å². The molecule has 0 aliphatic heterocycles. The second-order valence-electron chi connectivity index (χ2n) is 5.45. The molecular weight excluding hydrogens is 194 g/mol. The van der Waals surface area contributed by atoms with E-state index in [0.29, 0.717) is 0 Å². The van der Waals surface area contributed by atoms with Gasteiger partial charge in [0, 0.05) is 0 Å². The molecule has 0 fully saturated rings. The van der Waals surface area contributed by atoms with Crippen molar-refractivity contribution in [2.45, 2.75) is 59.8 Å². The Morgan fingerprint density at radius 3 is 2.56 bits per heavy atom. The van der Waals surface area contributed by atoms with E-state index in [1.54, 1.807) is 0 Å². The first-order valence-electron chi connectivity index (χ1n) is 6.19. The summed E-state index contributed by atoms with van der Waals surface area (Å²) in [4.78, 5) is 0. The van der Waals surface area contributed by atoms with Gasteiger partial charge in [0.15, 0.2) is 0 Å². The molecule has 0 bridgehead atoms. The quantitative estimate of drug-likeness (QED) is 0.625. The molecule has 0 saturated heterocycles. The summed E-state index contributed by atoms with van der Waals surface area (Å²) < 4.78 is 0. The Kier molecular flexibility index (Phi) is 4.35. The summed E-state index contributed by atoms with van der Waals surface area (Å²) in [6.45, 7) is 8.62. The first-order valence-corrected chi connectivity index (χ1v) is 6.19. The van der Waals surface area contributed by atoms with Crippen LogP contribution in [0.3, 0.4) is 0 Å². The normalized spacial score (nSPS) is 25.2. The molecule has 0 amide bonds. The van der Waals surface area contributed by atoms with Gasteiger partial charge in [0.05, 0.1) is 11.5 Å². The Bertz CT molecular complexity index is 350. The zero-order valence-electron chi connectivity index (χ0n) is 11.1. The summed E-state index contributed by atoms with van der Waals surface area (Å²) in [6.07, 6.45) is 7.44. The molecule has 0 aromatic carbocycles. The van der Waals surface area contributed by atoms with E-state index in [4.69, 9.17) is 0 Å². The third-order valence-electron chi connectivity index (χ3n) is 3.72. The van der Waals surface area contributed by atoms with E-state index >= 15 is 0 Å². The zero-order valence-corrected chi connectivity index (χ0v) is 11.1. The Labute approximate surface area is 99.9 Å². The Balaban J connectivity index is 2.68. The fourth-order valence-electron chi connectivity index (χ4n) is 2.39. The predicted molar refractivity (Wildman–Crippen MR) is 68.9 cm³/mol. The van der Waals surface area contributed by atoms with Gasteiger partial charge in [-0.2, -0.15) is 5.26 Å². The lowest BCUT2D eigenvalue weighted by atomic mass is 9.70. The van der Waals surface area contributed by atoms with Gasteiger partial charge in [-0.15, -0.1) is 0 Å². The molecule has 0 radical (unpaired) electrons. The van der Waals surface area contributed by atoms with Gasteiger partial charge in [-0.25, -0.2) is 0 Å². The molecular formula is C15H23N. The zero-order chi connectivity index (χ0) is 12.2. The van der Waals surface area contributed by atoms with Crippen LogP contribution < -0.4 is 0 Å². The summed E-state index contributed by atoms with van der Waals surface area (Å²) in [6, 6.07) is 2.58. The molecule has 0 heterocycles. The van der Waals surface area contributed by atoms with Crippen molar-refractivity contribution in [2.24, 2.45) is 5.41 Å². The lowest BCUT2D eigenvalue weighted by Gasteiger charge is -2.32. The molecule has 1 aliphatic rings. The predicted octanol–water partition coefficient (Wildman–Crippen LogP) is 4.76. The lowest BCUT2D eigenvalue weighted by Crippen LogP contribution is -2.22. The first-order chi connectivity index (χ1) is 7.49. The van der Waals surface area contributed by atoms with Crippen LogP contribution in [0.4, 0.5) is 0 Å². The highest BCUT2D eigenvalue weighted by Crippen LogP contribution is 2.42. The van der Waals surface area contributed by atoms with E-state index in [1.165, 1.54) is 16.7 Å². The monoisotopic (exact) mass is 217 g/mol. The van der Waals surface area contributed by atoms with E-state index in [0.717, 1.165) is 32.1 Å². The van der Waals surface area contributed by atoms with Crippen LogP contribution in [0.2, 0.25) is 0 Å². The van der Waals surface area contributed by atoms with Crippen molar-refractivity contribution in [1.29, 1.82) is 5.26 Å². The fraction of sp³-hybridized carbons (Fsp3) is 0.667. The average Bonchev–Trinajstić information content (AvgIpc) is 2.23. The molecule has 88 valence electrons. The third-order valence-corrected chi connectivity index (χ3v) is 3.72. The Morgan fingerprint density at radius 1 is 1.38 bits per heavy atom. The van der Waals surface area contributed by atoms with Crippen molar-refractivity contribution in [3.8, 4) is 6.07 Å². The lowest BCUT2D eigenvalue weighted by molar-refractivity contribution is 0.317.